The number of hydrogen-bond donors (Lipinski definition) is 1. The number of Topliss-reactive ketones (excluding diaryl/α,β-unsaturated/α-hetero) is 1. The van der Waals surface area contributed by atoms with Gasteiger partial charge in [0.1, 0.15) is 0 Å². The molecule has 1 atom stereocenters. The minimum atomic E-state index is -0.403. The van der Waals surface area contributed by atoms with Crippen LogP contribution in [-0.2, 0) is 14.3 Å². The summed E-state index contributed by atoms with van der Waals surface area (Å²) in [4.78, 5) is 23.9. The van der Waals surface area contributed by atoms with Crippen LogP contribution in [0.2, 0.25) is 0 Å². The SMILES string of the molecule is COC1CCC(C(=O)NC(C(C)=O)C(C)(C)C)CC1. The molecule has 1 unspecified atom stereocenters. The first-order chi connectivity index (χ1) is 8.75. The lowest BCUT2D eigenvalue weighted by Gasteiger charge is -2.32. The Kier molecular flexibility index (Phi) is 5.53. The Morgan fingerprint density at radius 1 is 1.16 bits per heavy atom. The molecule has 0 aromatic carbocycles. The van der Waals surface area contributed by atoms with Crippen LogP contribution in [-0.4, -0.2) is 30.9 Å². The molecule has 1 N–H and O–H groups in total. The van der Waals surface area contributed by atoms with Crippen molar-refractivity contribution in [2.75, 3.05) is 7.11 Å². The summed E-state index contributed by atoms with van der Waals surface area (Å²) in [6, 6.07) is -0.403. The van der Waals surface area contributed by atoms with Gasteiger partial charge in [-0.15, -0.1) is 0 Å². The minimum absolute atomic E-state index is 0.0182. The van der Waals surface area contributed by atoms with Gasteiger partial charge in [0, 0.05) is 13.0 Å². The van der Waals surface area contributed by atoms with Crippen molar-refractivity contribution in [3.8, 4) is 0 Å². The second kappa shape index (κ2) is 6.51. The van der Waals surface area contributed by atoms with Gasteiger partial charge in [-0.1, -0.05) is 20.8 Å². The number of carbonyl (C=O) groups is 2. The fraction of sp³-hybridized carbons (Fsp3) is 0.867. The van der Waals surface area contributed by atoms with Crippen LogP contribution < -0.4 is 5.32 Å². The predicted octanol–water partition coefficient (Wildman–Crippen LogP) is 2.31. The normalized spacial score (nSPS) is 25.7. The van der Waals surface area contributed by atoms with Crippen molar-refractivity contribution in [2.45, 2.75) is 65.5 Å². The van der Waals surface area contributed by atoms with Gasteiger partial charge in [0.05, 0.1) is 12.1 Å². The number of hydrogen-bond acceptors (Lipinski definition) is 3. The number of nitrogens with one attached hydrogen (secondary N) is 1. The first-order valence-corrected chi connectivity index (χ1v) is 7.09. The molecule has 0 aliphatic heterocycles. The van der Waals surface area contributed by atoms with E-state index in [2.05, 4.69) is 5.32 Å². The molecule has 4 heteroatoms. The third-order valence-electron chi connectivity index (χ3n) is 3.94. The van der Waals surface area contributed by atoms with Crippen molar-refractivity contribution in [3.63, 3.8) is 0 Å². The Morgan fingerprint density at radius 2 is 1.68 bits per heavy atom. The van der Waals surface area contributed by atoms with E-state index in [-0.39, 0.29) is 29.1 Å². The van der Waals surface area contributed by atoms with E-state index < -0.39 is 6.04 Å². The van der Waals surface area contributed by atoms with E-state index in [0.29, 0.717) is 0 Å². The average Bonchev–Trinajstić information content (AvgIpc) is 2.34. The van der Waals surface area contributed by atoms with Crippen molar-refractivity contribution in [1.29, 1.82) is 0 Å². The second-order valence-corrected chi connectivity index (χ2v) is 6.63. The van der Waals surface area contributed by atoms with Gasteiger partial charge in [-0.05, 0) is 38.0 Å². The Labute approximate surface area is 116 Å². The predicted molar refractivity (Wildman–Crippen MR) is 74.8 cm³/mol. The van der Waals surface area contributed by atoms with Crippen LogP contribution in [0.25, 0.3) is 0 Å². The smallest absolute Gasteiger partial charge is 0.223 e. The van der Waals surface area contributed by atoms with Gasteiger partial charge in [0.15, 0.2) is 5.78 Å². The van der Waals surface area contributed by atoms with Crippen LogP contribution in [0.5, 0.6) is 0 Å². The molecule has 1 amide bonds. The summed E-state index contributed by atoms with van der Waals surface area (Å²) >= 11 is 0. The highest BCUT2D eigenvalue weighted by molar-refractivity contribution is 5.89. The van der Waals surface area contributed by atoms with E-state index in [9.17, 15) is 9.59 Å². The zero-order chi connectivity index (χ0) is 14.6. The van der Waals surface area contributed by atoms with Gasteiger partial charge < -0.3 is 10.1 Å². The maximum absolute atomic E-state index is 12.3. The van der Waals surface area contributed by atoms with Crippen molar-refractivity contribution in [3.05, 3.63) is 0 Å². The Hall–Kier alpha value is -0.900. The molecule has 4 nitrogen and oxygen atoms in total. The second-order valence-electron chi connectivity index (χ2n) is 6.63. The molecule has 0 radical (unpaired) electrons. The summed E-state index contributed by atoms with van der Waals surface area (Å²) in [5.74, 6) is 0.0618. The lowest BCUT2D eigenvalue weighted by atomic mass is 9.82. The quantitative estimate of drug-likeness (QED) is 0.852. The van der Waals surface area contributed by atoms with Gasteiger partial charge in [0.25, 0.3) is 0 Å². The molecule has 1 saturated carbocycles. The van der Waals surface area contributed by atoms with Crippen LogP contribution in [0.1, 0.15) is 53.4 Å². The summed E-state index contributed by atoms with van der Waals surface area (Å²) in [5.41, 5.74) is -0.245. The molecule has 0 saturated heterocycles. The molecule has 1 rings (SSSR count). The van der Waals surface area contributed by atoms with E-state index in [1.54, 1.807) is 7.11 Å². The van der Waals surface area contributed by atoms with Crippen molar-refractivity contribution in [2.24, 2.45) is 11.3 Å². The van der Waals surface area contributed by atoms with E-state index in [0.717, 1.165) is 25.7 Å². The largest absolute Gasteiger partial charge is 0.381 e. The maximum atomic E-state index is 12.3. The topological polar surface area (TPSA) is 55.4 Å². The summed E-state index contributed by atoms with van der Waals surface area (Å²) in [5, 5.41) is 2.93. The zero-order valence-electron chi connectivity index (χ0n) is 12.8. The zero-order valence-corrected chi connectivity index (χ0v) is 12.8. The van der Waals surface area contributed by atoms with Crippen LogP contribution in [0.4, 0.5) is 0 Å². The average molecular weight is 269 g/mol. The molecule has 0 heterocycles. The molecular formula is C15H27NO3. The standard InChI is InChI=1S/C15H27NO3/c1-10(17)13(15(2,3)4)16-14(18)11-6-8-12(19-5)9-7-11/h11-13H,6-9H2,1-5H3,(H,16,18). The first kappa shape index (κ1) is 16.2. The van der Waals surface area contributed by atoms with Gasteiger partial charge >= 0.3 is 0 Å². The van der Waals surface area contributed by atoms with Gasteiger partial charge in [-0.25, -0.2) is 0 Å². The molecule has 1 fully saturated rings. The Balaban J connectivity index is 2.57. The summed E-state index contributed by atoms with van der Waals surface area (Å²) < 4.78 is 5.31. The molecule has 19 heavy (non-hydrogen) atoms. The molecule has 0 spiro atoms. The summed E-state index contributed by atoms with van der Waals surface area (Å²) in [7, 11) is 1.72. The lowest BCUT2D eigenvalue weighted by molar-refractivity contribution is -0.132. The number of methoxy groups -OCH3 is 1. The highest BCUT2D eigenvalue weighted by Gasteiger charge is 2.33. The van der Waals surface area contributed by atoms with Crippen molar-refractivity contribution >= 4 is 11.7 Å². The fourth-order valence-electron chi connectivity index (χ4n) is 2.75. The molecule has 0 bridgehead atoms. The highest BCUT2D eigenvalue weighted by atomic mass is 16.5. The molecule has 0 aromatic heterocycles. The third kappa shape index (κ3) is 4.60. The lowest BCUT2D eigenvalue weighted by Crippen LogP contribution is -2.50. The van der Waals surface area contributed by atoms with Crippen molar-refractivity contribution < 1.29 is 14.3 Å². The van der Waals surface area contributed by atoms with Crippen LogP contribution in [0.15, 0.2) is 0 Å². The number of carbonyl (C=O) groups excluding carboxylic acids is 2. The van der Waals surface area contributed by atoms with E-state index in [4.69, 9.17) is 4.74 Å². The minimum Gasteiger partial charge on any atom is -0.381 e. The monoisotopic (exact) mass is 269 g/mol. The number of ketones is 1. The maximum Gasteiger partial charge on any atom is 0.223 e. The fourth-order valence-corrected chi connectivity index (χ4v) is 2.75. The number of amides is 1. The third-order valence-corrected chi connectivity index (χ3v) is 3.94. The molecule has 1 aliphatic carbocycles. The molecular weight excluding hydrogens is 242 g/mol. The number of rotatable bonds is 4. The summed E-state index contributed by atoms with van der Waals surface area (Å²) in [6.45, 7) is 7.46. The molecule has 0 aromatic rings. The van der Waals surface area contributed by atoms with Gasteiger partial charge in [-0.3, -0.25) is 9.59 Å². The van der Waals surface area contributed by atoms with Crippen LogP contribution in [0.3, 0.4) is 0 Å². The van der Waals surface area contributed by atoms with Gasteiger partial charge in [-0.2, -0.15) is 0 Å². The van der Waals surface area contributed by atoms with E-state index in [1.807, 2.05) is 20.8 Å². The highest BCUT2D eigenvalue weighted by Crippen LogP contribution is 2.27. The molecule has 110 valence electrons. The summed E-state index contributed by atoms with van der Waals surface area (Å²) in [6.07, 6.45) is 3.83. The number of ether oxygens (including phenoxy) is 1. The van der Waals surface area contributed by atoms with Crippen LogP contribution in [0, 0.1) is 11.3 Å². The first-order valence-electron chi connectivity index (χ1n) is 7.09. The Bertz CT molecular complexity index is 325. The van der Waals surface area contributed by atoms with E-state index in [1.165, 1.54) is 6.92 Å². The molecule has 1 aliphatic rings. The van der Waals surface area contributed by atoms with E-state index >= 15 is 0 Å². The van der Waals surface area contributed by atoms with Gasteiger partial charge in [0.2, 0.25) is 5.91 Å². The Morgan fingerprint density at radius 3 is 2.05 bits per heavy atom. The van der Waals surface area contributed by atoms with Crippen molar-refractivity contribution in [1.82, 2.24) is 5.32 Å². The van der Waals surface area contributed by atoms with Crippen LogP contribution >= 0.6 is 0 Å².